The van der Waals surface area contributed by atoms with Crippen LogP contribution in [-0.4, -0.2) is 49.0 Å². The van der Waals surface area contributed by atoms with Crippen molar-refractivity contribution in [2.45, 2.75) is 13.5 Å². The molecule has 1 amide bonds. The lowest BCUT2D eigenvalue weighted by Gasteiger charge is -2.35. The van der Waals surface area contributed by atoms with E-state index in [1.54, 1.807) is 6.92 Å². The Morgan fingerprint density at radius 1 is 1.33 bits per heavy atom. The second-order valence-corrected chi connectivity index (χ2v) is 4.51. The Bertz CT molecular complexity index is 413. The van der Waals surface area contributed by atoms with Gasteiger partial charge in [0.2, 0.25) is 5.91 Å². The summed E-state index contributed by atoms with van der Waals surface area (Å²) in [6, 6.07) is 6.08. The van der Waals surface area contributed by atoms with Gasteiger partial charge in [-0.3, -0.25) is 4.79 Å². The van der Waals surface area contributed by atoms with Gasteiger partial charge < -0.3 is 15.1 Å². The number of anilines is 1. The standard InChI is InChI=1S/C13H20N4O/c1-11(18)16-6-8-17(9-7-16)13-5-3-4-12(15-13)10-14-2/h3-5,14H,6-10H2,1-2H3. The van der Waals surface area contributed by atoms with Crippen LogP contribution in [-0.2, 0) is 11.3 Å². The summed E-state index contributed by atoms with van der Waals surface area (Å²) in [5.74, 6) is 1.16. The van der Waals surface area contributed by atoms with E-state index >= 15 is 0 Å². The number of piperazine rings is 1. The molecule has 1 aromatic heterocycles. The predicted octanol–water partition coefficient (Wildman–Crippen LogP) is 0.469. The van der Waals surface area contributed by atoms with E-state index in [2.05, 4.69) is 15.2 Å². The molecule has 1 aromatic rings. The quantitative estimate of drug-likeness (QED) is 0.845. The molecule has 0 aliphatic carbocycles. The number of aromatic nitrogens is 1. The molecule has 2 heterocycles. The van der Waals surface area contributed by atoms with E-state index in [1.165, 1.54) is 0 Å². The van der Waals surface area contributed by atoms with Crippen molar-refractivity contribution in [1.82, 2.24) is 15.2 Å². The highest BCUT2D eigenvalue weighted by atomic mass is 16.2. The topological polar surface area (TPSA) is 48.5 Å². The summed E-state index contributed by atoms with van der Waals surface area (Å²) in [5.41, 5.74) is 1.05. The SMILES string of the molecule is CNCc1cccc(N2CCN(C(C)=O)CC2)n1. The fourth-order valence-electron chi connectivity index (χ4n) is 2.17. The molecule has 1 fully saturated rings. The minimum Gasteiger partial charge on any atom is -0.353 e. The number of hydrogen-bond donors (Lipinski definition) is 1. The zero-order valence-electron chi connectivity index (χ0n) is 11.0. The fourth-order valence-corrected chi connectivity index (χ4v) is 2.17. The van der Waals surface area contributed by atoms with E-state index in [4.69, 9.17) is 0 Å². The summed E-state index contributed by atoms with van der Waals surface area (Å²) in [5, 5.41) is 3.10. The Kier molecular flexibility index (Phi) is 4.15. The number of rotatable bonds is 3. The minimum absolute atomic E-state index is 0.159. The van der Waals surface area contributed by atoms with E-state index in [-0.39, 0.29) is 5.91 Å². The Morgan fingerprint density at radius 3 is 2.67 bits per heavy atom. The largest absolute Gasteiger partial charge is 0.353 e. The van der Waals surface area contributed by atoms with Gasteiger partial charge >= 0.3 is 0 Å². The van der Waals surface area contributed by atoms with Crippen LogP contribution in [0.2, 0.25) is 0 Å². The Hall–Kier alpha value is -1.62. The van der Waals surface area contributed by atoms with Gasteiger partial charge in [0.25, 0.3) is 0 Å². The van der Waals surface area contributed by atoms with Gasteiger partial charge in [-0.1, -0.05) is 6.07 Å². The van der Waals surface area contributed by atoms with Gasteiger partial charge in [0.05, 0.1) is 5.69 Å². The number of nitrogens with zero attached hydrogens (tertiary/aromatic N) is 3. The first-order valence-corrected chi connectivity index (χ1v) is 6.31. The number of carbonyl (C=O) groups is 1. The van der Waals surface area contributed by atoms with Crippen molar-refractivity contribution in [2.24, 2.45) is 0 Å². The molecule has 1 aliphatic heterocycles. The number of nitrogens with one attached hydrogen (secondary N) is 1. The van der Waals surface area contributed by atoms with Crippen LogP contribution in [0.1, 0.15) is 12.6 Å². The van der Waals surface area contributed by atoms with Crippen LogP contribution >= 0.6 is 0 Å². The Labute approximate surface area is 108 Å². The van der Waals surface area contributed by atoms with Crippen LogP contribution in [0.3, 0.4) is 0 Å². The maximum absolute atomic E-state index is 11.3. The van der Waals surface area contributed by atoms with Crippen LogP contribution in [0.15, 0.2) is 18.2 Å². The van der Waals surface area contributed by atoms with Gasteiger partial charge in [0, 0.05) is 39.6 Å². The summed E-state index contributed by atoms with van der Waals surface area (Å²) in [6.45, 7) is 5.69. The first kappa shape index (κ1) is 12.8. The second-order valence-electron chi connectivity index (χ2n) is 4.51. The lowest BCUT2D eigenvalue weighted by Crippen LogP contribution is -2.48. The van der Waals surface area contributed by atoms with Crippen molar-refractivity contribution in [2.75, 3.05) is 38.1 Å². The van der Waals surface area contributed by atoms with Gasteiger partial charge in [-0.2, -0.15) is 0 Å². The molecule has 0 saturated carbocycles. The molecule has 0 bridgehead atoms. The molecule has 18 heavy (non-hydrogen) atoms. The Morgan fingerprint density at radius 2 is 2.06 bits per heavy atom. The van der Waals surface area contributed by atoms with E-state index in [1.807, 2.05) is 30.1 Å². The summed E-state index contributed by atoms with van der Waals surface area (Å²) >= 11 is 0. The van der Waals surface area contributed by atoms with Gasteiger partial charge in [0.1, 0.15) is 5.82 Å². The average molecular weight is 248 g/mol. The lowest BCUT2D eigenvalue weighted by atomic mass is 10.3. The Balaban J connectivity index is 2.00. The van der Waals surface area contributed by atoms with Crippen LogP contribution < -0.4 is 10.2 Å². The van der Waals surface area contributed by atoms with Crippen LogP contribution in [0.4, 0.5) is 5.82 Å². The summed E-state index contributed by atoms with van der Waals surface area (Å²) in [6.07, 6.45) is 0. The highest BCUT2D eigenvalue weighted by Gasteiger charge is 2.19. The molecule has 2 rings (SSSR count). The lowest BCUT2D eigenvalue weighted by molar-refractivity contribution is -0.129. The summed E-state index contributed by atoms with van der Waals surface area (Å²) in [4.78, 5) is 20.0. The smallest absolute Gasteiger partial charge is 0.219 e. The average Bonchev–Trinajstić information content (AvgIpc) is 2.39. The van der Waals surface area contributed by atoms with Crippen LogP contribution in [0.25, 0.3) is 0 Å². The van der Waals surface area contributed by atoms with Gasteiger partial charge in [-0.25, -0.2) is 4.98 Å². The molecular formula is C13H20N4O. The molecule has 5 nitrogen and oxygen atoms in total. The molecule has 1 aliphatic rings. The number of amides is 1. The molecule has 0 spiro atoms. The normalized spacial score (nSPS) is 15.9. The molecular weight excluding hydrogens is 228 g/mol. The zero-order valence-corrected chi connectivity index (χ0v) is 11.0. The molecule has 1 N–H and O–H groups in total. The van der Waals surface area contributed by atoms with Crippen molar-refractivity contribution >= 4 is 11.7 Å². The minimum atomic E-state index is 0.159. The van der Waals surface area contributed by atoms with Crippen molar-refractivity contribution in [3.63, 3.8) is 0 Å². The molecule has 1 saturated heterocycles. The summed E-state index contributed by atoms with van der Waals surface area (Å²) in [7, 11) is 1.92. The van der Waals surface area contributed by atoms with E-state index < -0.39 is 0 Å². The van der Waals surface area contributed by atoms with E-state index in [0.717, 1.165) is 44.2 Å². The molecule has 98 valence electrons. The van der Waals surface area contributed by atoms with E-state index in [0.29, 0.717) is 0 Å². The van der Waals surface area contributed by atoms with Gasteiger partial charge in [0.15, 0.2) is 0 Å². The molecule has 0 atom stereocenters. The maximum atomic E-state index is 11.3. The molecule has 0 aromatic carbocycles. The monoisotopic (exact) mass is 248 g/mol. The third-order valence-corrected chi connectivity index (χ3v) is 3.20. The van der Waals surface area contributed by atoms with Crippen LogP contribution in [0.5, 0.6) is 0 Å². The number of carbonyl (C=O) groups excluding carboxylic acids is 1. The third-order valence-electron chi connectivity index (χ3n) is 3.20. The number of pyridine rings is 1. The highest BCUT2D eigenvalue weighted by Crippen LogP contribution is 2.14. The first-order valence-electron chi connectivity index (χ1n) is 6.31. The fraction of sp³-hybridized carbons (Fsp3) is 0.538. The van der Waals surface area contributed by atoms with E-state index in [9.17, 15) is 4.79 Å². The molecule has 5 heteroatoms. The number of hydrogen-bond acceptors (Lipinski definition) is 4. The zero-order chi connectivity index (χ0) is 13.0. The van der Waals surface area contributed by atoms with Gasteiger partial charge in [-0.15, -0.1) is 0 Å². The van der Waals surface area contributed by atoms with Crippen molar-refractivity contribution in [3.8, 4) is 0 Å². The second kappa shape index (κ2) is 5.82. The molecule has 0 unspecified atom stereocenters. The first-order chi connectivity index (χ1) is 8.70. The van der Waals surface area contributed by atoms with Crippen molar-refractivity contribution in [1.29, 1.82) is 0 Å². The highest BCUT2D eigenvalue weighted by molar-refractivity contribution is 5.73. The third kappa shape index (κ3) is 2.98. The predicted molar refractivity (Wildman–Crippen MR) is 71.5 cm³/mol. The van der Waals surface area contributed by atoms with Crippen molar-refractivity contribution in [3.05, 3.63) is 23.9 Å². The van der Waals surface area contributed by atoms with Crippen molar-refractivity contribution < 1.29 is 4.79 Å². The van der Waals surface area contributed by atoms with Crippen LogP contribution in [0, 0.1) is 0 Å². The molecule has 0 radical (unpaired) electrons. The maximum Gasteiger partial charge on any atom is 0.219 e. The summed E-state index contributed by atoms with van der Waals surface area (Å²) < 4.78 is 0. The van der Waals surface area contributed by atoms with Gasteiger partial charge in [-0.05, 0) is 19.2 Å².